The topological polar surface area (TPSA) is 43.7 Å². The number of rotatable bonds is 3. The Hall–Kier alpha value is -2.00. The minimum atomic E-state index is 0.0175. The first-order chi connectivity index (χ1) is 11.7. The second-order valence-corrected chi connectivity index (χ2v) is 7.13. The molecule has 3 heteroatoms. The van der Waals surface area contributed by atoms with E-state index in [2.05, 4.69) is 35.2 Å². The molecule has 2 aliphatic rings. The number of likely N-dealkylation sites (tertiary alicyclic amines) is 1. The van der Waals surface area contributed by atoms with Crippen LogP contribution in [0, 0.1) is 0 Å². The zero-order chi connectivity index (χ0) is 16.5. The van der Waals surface area contributed by atoms with Crippen molar-refractivity contribution in [3.05, 3.63) is 59.2 Å². The van der Waals surface area contributed by atoms with Crippen molar-refractivity contribution in [2.45, 2.75) is 44.1 Å². The van der Waals surface area contributed by atoms with Gasteiger partial charge in [0, 0.05) is 18.2 Å². The number of aromatic hydroxyl groups is 2. The Bertz CT molecular complexity index is 713. The Balaban J connectivity index is 1.53. The van der Waals surface area contributed by atoms with Crippen LogP contribution in [0.15, 0.2) is 42.5 Å². The number of hydrogen-bond acceptors (Lipinski definition) is 3. The molecule has 2 atom stereocenters. The molecule has 2 aromatic rings. The first-order valence-corrected chi connectivity index (χ1v) is 9.05. The number of benzene rings is 2. The summed E-state index contributed by atoms with van der Waals surface area (Å²) in [5.41, 5.74) is 3.63. The summed E-state index contributed by atoms with van der Waals surface area (Å²) in [4.78, 5) is 2.65. The van der Waals surface area contributed by atoms with E-state index in [1.54, 1.807) is 6.07 Å². The quantitative estimate of drug-likeness (QED) is 0.844. The van der Waals surface area contributed by atoms with Gasteiger partial charge in [-0.05, 0) is 61.8 Å². The van der Waals surface area contributed by atoms with E-state index < -0.39 is 0 Å². The lowest BCUT2D eigenvalue weighted by atomic mass is 9.74. The first kappa shape index (κ1) is 15.5. The molecule has 0 spiro atoms. The summed E-state index contributed by atoms with van der Waals surface area (Å²) < 4.78 is 0. The molecular weight excluding hydrogens is 298 g/mol. The normalized spacial score (nSPS) is 23.5. The van der Waals surface area contributed by atoms with Crippen LogP contribution in [-0.4, -0.2) is 34.2 Å². The molecule has 0 radical (unpaired) electrons. The van der Waals surface area contributed by atoms with Crippen LogP contribution in [0.1, 0.15) is 41.9 Å². The third kappa shape index (κ3) is 2.78. The molecule has 1 saturated heterocycles. The molecule has 0 aromatic heterocycles. The molecule has 1 aliphatic heterocycles. The van der Waals surface area contributed by atoms with Crippen molar-refractivity contribution >= 4 is 0 Å². The third-order valence-corrected chi connectivity index (χ3v) is 5.81. The fraction of sp³-hybridized carbons (Fsp3) is 0.429. The summed E-state index contributed by atoms with van der Waals surface area (Å²) in [6.45, 7) is 2.28. The average Bonchev–Trinajstić information content (AvgIpc) is 2.63. The van der Waals surface area contributed by atoms with Gasteiger partial charge in [0.1, 0.15) is 0 Å². The third-order valence-electron chi connectivity index (χ3n) is 5.81. The zero-order valence-corrected chi connectivity index (χ0v) is 14.0. The van der Waals surface area contributed by atoms with Gasteiger partial charge in [0.2, 0.25) is 0 Å². The average molecular weight is 323 g/mol. The molecule has 4 rings (SSSR count). The van der Waals surface area contributed by atoms with Crippen LogP contribution in [0.25, 0.3) is 0 Å². The predicted molar refractivity (Wildman–Crippen MR) is 95.6 cm³/mol. The number of phenolic OH excluding ortho intramolecular Hbond substituents is 2. The molecule has 0 bridgehead atoms. The van der Waals surface area contributed by atoms with Crippen LogP contribution in [0.2, 0.25) is 0 Å². The zero-order valence-electron chi connectivity index (χ0n) is 14.0. The minimum Gasteiger partial charge on any atom is -0.504 e. The standard InChI is InChI=1S/C21H25NO2/c23-20-11-9-16-17-7-4-13-22(14-12-15-5-2-1-3-6-15)19(17)10-8-18(16)21(20)24/h1-3,5-6,9,11,17,19,23-24H,4,7-8,10,12-14H2/t17-,19-/m0/s1. The number of hydrogen-bond donors (Lipinski definition) is 2. The van der Waals surface area contributed by atoms with E-state index in [1.165, 1.54) is 30.5 Å². The Kier molecular flexibility index (Phi) is 4.19. The molecule has 3 nitrogen and oxygen atoms in total. The van der Waals surface area contributed by atoms with Crippen molar-refractivity contribution in [3.8, 4) is 11.5 Å². The van der Waals surface area contributed by atoms with Gasteiger partial charge in [-0.15, -0.1) is 0 Å². The van der Waals surface area contributed by atoms with Crippen LogP contribution in [0.4, 0.5) is 0 Å². The van der Waals surface area contributed by atoms with E-state index in [0.717, 1.165) is 31.4 Å². The fourth-order valence-electron chi connectivity index (χ4n) is 4.61. The molecule has 1 fully saturated rings. The largest absolute Gasteiger partial charge is 0.504 e. The Morgan fingerprint density at radius 2 is 1.83 bits per heavy atom. The Labute approximate surface area is 143 Å². The van der Waals surface area contributed by atoms with Gasteiger partial charge < -0.3 is 10.2 Å². The van der Waals surface area contributed by atoms with Crippen molar-refractivity contribution in [2.75, 3.05) is 13.1 Å². The van der Waals surface area contributed by atoms with Gasteiger partial charge in [-0.1, -0.05) is 36.4 Å². The van der Waals surface area contributed by atoms with Gasteiger partial charge in [-0.3, -0.25) is 4.90 Å². The lowest BCUT2D eigenvalue weighted by Gasteiger charge is -2.45. The maximum Gasteiger partial charge on any atom is 0.160 e. The van der Waals surface area contributed by atoms with Crippen LogP contribution >= 0.6 is 0 Å². The van der Waals surface area contributed by atoms with Crippen LogP contribution in [-0.2, 0) is 12.8 Å². The highest BCUT2D eigenvalue weighted by Gasteiger charge is 2.37. The summed E-state index contributed by atoms with van der Waals surface area (Å²) in [5, 5.41) is 20.0. The van der Waals surface area contributed by atoms with E-state index in [9.17, 15) is 10.2 Å². The number of nitrogens with zero attached hydrogens (tertiary/aromatic N) is 1. The van der Waals surface area contributed by atoms with Gasteiger partial charge in [0.15, 0.2) is 11.5 Å². The molecule has 1 heterocycles. The highest BCUT2D eigenvalue weighted by Crippen LogP contribution is 2.45. The number of phenols is 2. The van der Waals surface area contributed by atoms with Crippen molar-refractivity contribution in [1.29, 1.82) is 0 Å². The molecular formula is C21H25NO2. The Morgan fingerprint density at radius 1 is 1.00 bits per heavy atom. The second kappa shape index (κ2) is 6.48. The maximum absolute atomic E-state index is 10.2. The summed E-state index contributed by atoms with van der Waals surface area (Å²) in [5.74, 6) is 0.612. The van der Waals surface area contributed by atoms with Crippen molar-refractivity contribution in [2.24, 2.45) is 0 Å². The molecule has 2 aromatic carbocycles. The highest BCUT2D eigenvalue weighted by atomic mass is 16.3. The fourth-order valence-corrected chi connectivity index (χ4v) is 4.61. The van der Waals surface area contributed by atoms with E-state index in [4.69, 9.17) is 0 Å². The second-order valence-electron chi connectivity index (χ2n) is 7.13. The number of fused-ring (bicyclic) bond motifs is 3. The van der Waals surface area contributed by atoms with E-state index in [1.807, 2.05) is 6.07 Å². The molecule has 126 valence electrons. The summed E-state index contributed by atoms with van der Waals surface area (Å²) in [6, 6.07) is 15.0. The van der Waals surface area contributed by atoms with Gasteiger partial charge >= 0.3 is 0 Å². The SMILES string of the molecule is Oc1ccc2c(c1O)CC[C@H]1[C@H]2CCCN1CCc1ccccc1. The summed E-state index contributed by atoms with van der Waals surface area (Å²) >= 11 is 0. The van der Waals surface area contributed by atoms with E-state index in [-0.39, 0.29) is 11.5 Å². The molecule has 0 unspecified atom stereocenters. The van der Waals surface area contributed by atoms with Gasteiger partial charge in [-0.2, -0.15) is 0 Å². The molecule has 24 heavy (non-hydrogen) atoms. The Morgan fingerprint density at radius 3 is 2.67 bits per heavy atom. The lowest BCUT2D eigenvalue weighted by molar-refractivity contribution is 0.113. The van der Waals surface area contributed by atoms with E-state index >= 15 is 0 Å². The lowest BCUT2D eigenvalue weighted by Crippen LogP contribution is -2.47. The summed E-state index contributed by atoms with van der Waals surface area (Å²) in [6.07, 6.45) is 5.42. The van der Waals surface area contributed by atoms with Gasteiger partial charge in [0.05, 0.1) is 0 Å². The van der Waals surface area contributed by atoms with Gasteiger partial charge in [0.25, 0.3) is 0 Å². The van der Waals surface area contributed by atoms with E-state index in [0.29, 0.717) is 12.0 Å². The minimum absolute atomic E-state index is 0.0175. The molecule has 2 N–H and O–H groups in total. The maximum atomic E-state index is 10.2. The van der Waals surface area contributed by atoms with Crippen LogP contribution in [0.3, 0.4) is 0 Å². The smallest absolute Gasteiger partial charge is 0.160 e. The molecule has 1 aliphatic carbocycles. The predicted octanol–water partition coefficient (Wildman–Crippen LogP) is 3.83. The highest BCUT2D eigenvalue weighted by molar-refractivity contribution is 5.51. The molecule has 0 saturated carbocycles. The van der Waals surface area contributed by atoms with Crippen LogP contribution in [0.5, 0.6) is 11.5 Å². The van der Waals surface area contributed by atoms with Crippen molar-refractivity contribution in [3.63, 3.8) is 0 Å². The van der Waals surface area contributed by atoms with Crippen molar-refractivity contribution in [1.82, 2.24) is 4.90 Å². The monoisotopic (exact) mass is 323 g/mol. The molecule has 0 amide bonds. The first-order valence-electron chi connectivity index (χ1n) is 9.05. The number of piperidine rings is 1. The van der Waals surface area contributed by atoms with Crippen molar-refractivity contribution < 1.29 is 10.2 Å². The summed E-state index contributed by atoms with van der Waals surface area (Å²) in [7, 11) is 0. The van der Waals surface area contributed by atoms with Gasteiger partial charge in [-0.25, -0.2) is 0 Å². The van der Waals surface area contributed by atoms with Crippen LogP contribution < -0.4 is 0 Å².